The number of ether oxygens (including phenoxy) is 2. The molecule has 0 saturated heterocycles. The molecule has 0 saturated carbocycles. The van der Waals surface area contributed by atoms with Crippen LogP contribution in [0, 0.1) is 0 Å². The highest BCUT2D eigenvalue weighted by atomic mass is 16.5. The highest BCUT2D eigenvalue weighted by Gasteiger charge is 2.09. The number of hydrogen-bond donors (Lipinski definition) is 0. The van der Waals surface area contributed by atoms with Crippen molar-refractivity contribution in [3.05, 3.63) is 65.7 Å². The van der Waals surface area contributed by atoms with Crippen LogP contribution in [0.5, 0.6) is 5.75 Å². The molecule has 120 valence electrons. The van der Waals surface area contributed by atoms with Gasteiger partial charge in [0.2, 0.25) is 0 Å². The first kappa shape index (κ1) is 16.5. The predicted octanol–water partition coefficient (Wildman–Crippen LogP) is 2.51. The number of nitrogens with zero attached hydrogens (tertiary/aromatic N) is 1. The van der Waals surface area contributed by atoms with Gasteiger partial charge in [0, 0.05) is 14.1 Å². The summed E-state index contributed by atoms with van der Waals surface area (Å²) >= 11 is 0. The Morgan fingerprint density at radius 2 is 1.61 bits per heavy atom. The Kier molecular flexibility index (Phi) is 5.74. The van der Waals surface area contributed by atoms with E-state index in [1.165, 1.54) is 4.90 Å². The number of rotatable bonds is 6. The van der Waals surface area contributed by atoms with Crippen LogP contribution in [0.2, 0.25) is 0 Å². The molecule has 0 heterocycles. The Balaban J connectivity index is 1.86. The van der Waals surface area contributed by atoms with E-state index in [1.54, 1.807) is 38.4 Å². The molecule has 0 bridgehead atoms. The van der Waals surface area contributed by atoms with Gasteiger partial charge in [-0.25, -0.2) is 4.79 Å². The molecule has 1 amide bonds. The SMILES string of the molecule is CN(C)C(=O)COc1ccc(C(=O)OCc2ccccc2)cc1. The van der Waals surface area contributed by atoms with Crippen LogP contribution in [-0.2, 0) is 16.1 Å². The molecule has 0 radical (unpaired) electrons. The van der Waals surface area contributed by atoms with Crippen LogP contribution >= 0.6 is 0 Å². The van der Waals surface area contributed by atoms with Crippen molar-refractivity contribution in [2.75, 3.05) is 20.7 Å². The van der Waals surface area contributed by atoms with Crippen molar-refractivity contribution in [1.29, 1.82) is 0 Å². The summed E-state index contributed by atoms with van der Waals surface area (Å²) in [5, 5.41) is 0. The lowest BCUT2D eigenvalue weighted by Crippen LogP contribution is -2.27. The van der Waals surface area contributed by atoms with E-state index in [0.29, 0.717) is 11.3 Å². The van der Waals surface area contributed by atoms with Gasteiger partial charge < -0.3 is 14.4 Å². The summed E-state index contributed by atoms with van der Waals surface area (Å²) in [5.41, 5.74) is 1.37. The van der Waals surface area contributed by atoms with Gasteiger partial charge in [0.25, 0.3) is 5.91 Å². The normalized spacial score (nSPS) is 10.0. The van der Waals surface area contributed by atoms with E-state index < -0.39 is 5.97 Å². The Morgan fingerprint density at radius 3 is 2.22 bits per heavy atom. The first-order chi connectivity index (χ1) is 11.1. The minimum Gasteiger partial charge on any atom is -0.484 e. The summed E-state index contributed by atoms with van der Waals surface area (Å²) in [5.74, 6) is 0.000859. The van der Waals surface area contributed by atoms with Crippen LogP contribution in [0.3, 0.4) is 0 Å². The first-order valence-corrected chi connectivity index (χ1v) is 7.20. The Bertz CT molecular complexity index is 650. The molecule has 0 fully saturated rings. The predicted molar refractivity (Wildman–Crippen MR) is 86.2 cm³/mol. The second-order valence-electron chi connectivity index (χ2n) is 5.16. The molecule has 0 aliphatic carbocycles. The zero-order valence-corrected chi connectivity index (χ0v) is 13.2. The maximum Gasteiger partial charge on any atom is 0.338 e. The number of likely N-dealkylation sites (N-methyl/N-ethyl adjacent to an activating group) is 1. The van der Waals surface area contributed by atoms with E-state index in [-0.39, 0.29) is 19.1 Å². The molecule has 0 aliphatic rings. The standard InChI is InChI=1S/C18H19NO4/c1-19(2)17(20)13-22-16-10-8-15(9-11-16)18(21)23-12-14-6-4-3-5-7-14/h3-11H,12-13H2,1-2H3. The first-order valence-electron chi connectivity index (χ1n) is 7.20. The Labute approximate surface area is 135 Å². The van der Waals surface area contributed by atoms with Crippen LogP contribution in [0.4, 0.5) is 0 Å². The van der Waals surface area contributed by atoms with Crippen molar-refractivity contribution in [3.63, 3.8) is 0 Å². The monoisotopic (exact) mass is 313 g/mol. The van der Waals surface area contributed by atoms with Gasteiger partial charge in [-0.3, -0.25) is 4.79 Å². The van der Waals surface area contributed by atoms with Gasteiger partial charge >= 0.3 is 5.97 Å². The smallest absolute Gasteiger partial charge is 0.338 e. The zero-order valence-electron chi connectivity index (χ0n) is 13.2. The number of esters is 1. The van der Waals surface area contributed by atoms with E-state index >= 15 is 0 Å². The quantitative estimate of drug-likeness (QED) is 0.769. The number of carbonyl (C=O) groups excluding carboxylic acids is 2. The fraction of sp³-hybridized carbons (Fsp3) is 0.222. The minimum atomic E-state index is -0.398. The minimum absolute atomic E-state index is 0.0369. The summed E-state index contributed by atoms with van der Waals surface area (Å²) in [7, 11) is 3.33. The largest absolute Gasteiger partial charge is 0.484 e. The molecule has 5 heteroatoms. The average molecular weight is 313 g/mol. The maximum absolute atomic E-state index is 12.0. The fourth-order valence-electron chi connectivity index (χ4n) is 1.77. The second-order valence-corrected chi connectivity index (χ2v) is 5.16. The van der Waals surface area contributed by atoms with Gasteiger partial charge in [-0.15, -0.1) is 0 Å². The summed E-state index contributed by atoms with van der Waals surface area (Å²) in [6.45, 7) is 0.195. The molecule has 2 rings (SSSR count). The van der Waals surface area contributed by atoms with Crippen LogP contribution in [-0.4, -0.2) is 37.5 Å². The third kappa shape index (κ3) is 5.14. The van der Waals surface area contributed by atoms with Crippen molar-refractivity contribution in [3.8, 4) is 5.75 Å². The molecule has 2 aromatic rings. The molecular weight excluding hydrogens is 294 g/mol. The topological polar surface area (TPSA) is 55.8 Å². The number of amides is 1. The lowest BCUT2D eigenvalue weighted by Gasteiger charge is -2.11. The van der Waals surface area contributed by atoms with E-state index in [9.17, 15) is 9.59 Å². The van der Waals surface area contributed by atoms with Gasteiger partial charge in [-0.1, -0.05) is 30.3 Å². The Morgan fingerprint density at radius 1 is 0.957 bits per heavy atom. The summed E-state index contributed by atoms with van der Waals surface area (Å²) in [4.78, 5) is 24.9. The Hall–Kier alpha value is -2.82. The summed E-state index contributed by atoms with van der Waals surface area (Å²) in [6.07, 6.45) is 0. The molecule has 5 nitrogen and oxygen atoms in total. The molecular formula is C18H19NO4. The van der Waals surface area contributed by atoms with Crippen molar-refractivity contribution in [2.45, 2.75) is 6.61 Å². The average Bonchev–Trinajstić information content (AvgIpc) is 2.58. The van der Waals surface area contributed by atoms with Gasteiger partial charge in [0.1, 0.15) is 12.4 Å². The highest BCUT2D eigenvalue weighted by molar-refractivity contribution is 5.89. The van der Waals surface area contributed by atoms with Crippen LogP contribution in [0.15, 0.2) is 54.6 Å². The lowest BCUT2D eigenvalue weighted by atomic mass is 10.2. The molecule has 0 unspecified atom stereocenters. The second kappa shape index (κ2) is 7.98. The maximum atomic E-state index is 12.0. The summed E-state index contributed by atoms with van der Waals surface area (Å²) in [6, 6.07) is 16.0. The number of hydrogen-bond acceptors (Lipinski definition) is 4. The van der Waals surface area contributed by atoms with E-state index in [2.05, 4.69) is 0 Å². The third-order valence-electron chi connectivity index (χ3n) is 3.16. The van der Waals surface area contributed by atoms with Crippen LogP contribution in [0.25, 0.3) is 0 Å². The van der Waals surface area contributed by atoms with E-state index in [4.69, 9.17) is 9.47 Å². The van der Waals surface area contributed by atoms with Crippen LogP contribution in [0.1, 0.15) is 15.9 Å². The summed E-state index contributed by atoms with van der Waals surface area (Å²) < 4.78 is 10.6. The van der Waals surface area contributed by atoms with Gasteiger partial charge in [-0.2, -0.15) is 0 Å². The fourth-order valence-corrected chi connectivity index (χ4v) is 1.77. The van der Waals surface area contributed by atoms with Crippen molar-refractivity contribution >= 4 is 11.9 Å². The van der Waals surface area contributed by atoms with E-state index in [1.807, 2.05) is 30.3 Å². The number of carbonyl (C=O) groups is 2. The molecule has 0 N–H and O–H groups in total. The number of benzene rings is 2. The van der Waals surface area contributed by atoms with Gasteiger partial charge in [0.05, 0.1) is 5.56 Å². The third-order valence-corrected chi connectivity index (χ3v) is 3.16. The zero-order chi connectivity index (χ0) is 16.7. The van der Waals surface area contributed by atoms with Gasteiger partial charge in [-0.05, 0) is 29.8 Å². The highest BCUT2D eigenvalue weighted by Crippen LogP contribution is 2.14. The van der Waals surface area contributed by atoms with Crippen molar-refractivity contribution < 1.29 is 19.1 Å². The molecule has 0 aromatic heterocycles. The van der Waals surface area contributed by atoms with Crippen molar-refractivity contribution in [2.24, 2.45) is 0 Å². The molecule has 0 aliphatic heterocycles. The van der Waals surface area contributed by atoms with E-state index in [0.717, 1.165) is 5.56 Å². The van der Waals surface area contributed by atoms with Crippen LogP contribution < -0.4 is 4.74 Å². The molecule has 0 atom stereocenters. The molecule has 2 aromatic carbocycles. The molecule has 23 heavy (non-hydrogen) atoms. The van der Waals surface area contributed by atoms with Gasteiger partial charge in [0.15, 0.2) is 6.61 Å². The lowest BCUT2D eigenvalue weighted by molar-refractivity contribution is -0.130. The molecule has 0 spiro atoms. The van der Waals surface area contributed by atoms with Crippen molar-refractivity contribution in [1.82, 2.24) is 4.90 Å².